The second-order valence-electron chi connectivity index (χ2n) is 5.79. The zero-order chi connectivity index (χ0) is 14.4. The molecule has 0 aliphatic heterocycles. The van der Waals surface area contributed by atoms with Crippen molar-refractivity contribution >= 4 is 17.7 Å². The van der Waals surface area contributed by atoms with Crippen molar-refractivity contribution in [2.45, 2.75) is 63.8 Å². The molecule has 2 fully saturated rings. The highest BCUT2D eigenvalue weighted by molar-refractivity contribution is 6.35. The van der Waals surface area contributed by atoms with Crippen molar-refractivity contribution < 1.29 is 14.4 Å². The number of hydrogen-bond donors (Lipinski definition) is 3. The lowest BCUT2D eigenvalue weighted by atomic mass is 9.86. The summed E-state index contributed by atoms with van der Waals surface area (Å²) in [5, 5.41) is 2.56. The fourth-order valence-electron chi connectivity index (χ4n) is 2.54. The molecule has 2 rings (SSSR count). The molecule has 0 radical (unpaired) electrons. The Balaban J connectivity index is 1.56. The molecule has 0 aromatic carbocycles. The quantitative estimate of drug-likeness (QED) is 0.525. The van der Waals surface area contributed by atoms with Gasteiger partial charge in [-0.25, -0.2) is 0 Å². The molecule has 6 nitrogen and oxygen atoms in total. The monoisotopic (exact) mass is 281 g/mol. The smallest absolute Gasteiger partial charge is 0.327 e. The Morgan fingerprint density at radius 3 is 2.20 bits per heavy atom. The summed E-state index contributed by atoms with van der Waals surface area (Å²) in [5.41, 5.74) is 4.45. The minimum Gasteiger partial charge on any atom is -0.345 e. The summed E-state index contributed by atoms with van der Waals surface area (Å²) < 4.78 is 0. The first-order valence-electron chi connectivity index (χ1n) is 7.55. The molecule has 2 aliphatic carbocycles. The highest BCUT2D eigenvalue weighted by atomic mass is 16.2. The van der Waals surface area contributed by atoms with Gasteiger partial charge in [-0.05, 0) is 25.2 Å². The molecule has 0 spiro atoms. The van der Waals surface area contributed by atoms with Crippen LogP contribution in [0.4, 0.5) is 0 Å². The number of rotatable bonds is 4. The van der Waals surface area contributed by atoms with Crippen LogP contribution in [-0.4, -0.2) is 23.8 Å². The molecule has 0 saturated heterocycles. The van der Waals surface area contributed by atoms with E-state index in [-0.39, 0.29) is 11.9 Å². The van der Waals surface area contributed by atoms with E-state index in [1.165, 1.54) is 32.1 Å². The van der Waals surface area contributed by atoms with Crippen molar-refractivity contribution in [1.82, 2.24) is 16.2 Å². The minimum atomic E-state index is -0.803. The molecular weight excluding hydrogens is 258 g/mol. The Morgan fingerprint density at radius 1 is 0.850 bits per heavy atom. The summed E-state index contributed by atoms with van der Waals surface area (Å²) >= 11 is 0. The van der Waals surface area contributed by atoms with Gasteiger partial charge in [0.15, 0.2) is 0 Å². The largest absolute Gasteiger partial charge is 0.345 e. The Bertz CT molecular complexity index is 374. The Morgan fingerprint density at radius 2 is 1.55 bits per heavy atom. The molecule has 20 heavy (non-hydrogen) atoms. The average molecular weight is 281 g/mol. The fraction of sp³-hybridized carbons (Fsp3) is 0.786. The summed E-state index contributed by atoms with van der Waals surface area (Å²) in [6, 6.07) is 0.134. The van der Waals surface area contributed by atoms with Crippen LogP contribution in [0.5, 0.6) is 0 Å². The van der Waals surface area contributed by atoms with E-state index >= 15 is 0 Å². The number of carbonyl (C=O) groups excluding carboxylic acids is 3. The van der Waals surface area contributed by atoms with E-state index in [1.54, 1.807) is 0 Å². The molecule has 3 amide bonds. The second kappa shape index (κ2) is 7.26. The van der Waals surface area contributed by atoms with Crippen LogP contribution in [0.25, 0.3) is 0 Å². The van der Waals surface area contributed by atoms with Crippen molar-refractivity contribution in [2.75, 3.05) is 0 Å². The number of hydrogen-bond acceptors (Lipinski definition) is 3. The molecule has 0 aromatic rings. The molecule has 112 valence electrons. The van der Waals surface area contributed by atoms with E-state index in [0.29, 0.717) is 12.3 Å². The van der Waals surface area contributed by atoms with Gasteiger partial charge in [-0.1, -0.05) is 32.1 Å². The number of hydrazine groups is 1. The third kappa shape index (κ3) is 5.19. The molecule has 0 aromatic heterocycles. The van der Waals surface area contributed by atoms with Crippen LogP contribution in [0.1, 0.15) is 57.8 Å². The maximum absolute atomic E-state index is 11.6. The van der Waals surface area contributed by atoms with Crippen molar-refractivity contribution in [3.63, 3.8) is 0 Å². The molecule has 0 unspecified atom stereocenters. The molecule has 0 bridgehead atoms. The molecule has 6 heteroatoms. The van der Waals surface area contributed by atoms with Crippen LogP contribution in [-0.2, 0) is 14.4 Å². The van der Waals surface area contributed by atoms with Gasteiger partial charge in [0.1, 0.15) is 0 Å². The summed E-state index contributed by atoms with van der Waals surface area (Å²) in [6.45, 7) is 0. The van der Waals surface area contributed by atoms with E-state index < -0.39 is 11.8 Å². The third-order valence-electron chi connectivity index (χ3n) is 3.94. The van der Waals surface area contributed by atoms with Crippen molar-refractivity contribution in [3.05, 3.63) is 0 Å². The predicted molar refractivity (Wildman–Crippen MR) is 73.3 cm³/mol. The zero-order valence-corrected chi connectivity index (χ0v) is 11.7. The van der Waals surface area contributed by atoms with Gasteiger partial charge in [-0.3, -0.25) is 25.2 Å². The normalized spacial score (nSPS) is 19.2. The third-order valence-corrected chi connectivity index (χ3v) is 3.94. The molecule has 0 heterocycles. The van der Waals surface area contributed by atoms with Gasteiger partial charge in [-0.15, -0.1) is 0 Å². The topological polar surface area (TPSA) is 87.3 Å². The Hall–Kier alpha value is -1.59. The van der Waals surface area contributed by atoms with E-state index in [9.17, 15) is 14.4 Å². The first-order valence-corrected chi connectivity index (χ1v) is 7.55. The average Bonchev–Trinajstić information content (AvgIpc) is 3.27. The van der Waals surface area contributed by atoms with Crippen molar-refractivity contribution in [1.29, 1.82) is 0 Å². The molecule has 0 atom stereocenters. The zero-order valence-electron chi connectivity index (χ0n) is 11.7. The first-order chi connectivity index (χ1) is 9.65. The van der Waals surface area contributed by atoms with Crippen LogP contribution in [0.15, 0.2) is 0 Å². The molecule has 2 aliphatic rings. The fourth-order valence-corrected chi connectivity index (χ4v) is 2.54. The van der Waals surface area contributed by atoms with Gasteiger partial charge < -0.3 is 5.32 Å². The van der Waals surface area contributed by atoms with E-state index in [0.717, 1.165) is 19.3 Å². The van der Waals surface area contributed by atoms with E-state index in [1.807, 2.05) is 0 Å². The molecule has 2 saturated carbocycles. The maximum Gasteiger partial charge on any atom is 0.327 e. The van der Waals surface area contributed by atoms with Gasteiger partial charge in [0, 0.05) is 12.5 Å². The van der Waals surface area contributed by atoms with Gasteiger partial charge >= 0.3 is 11.8 Å². The summed E-state index contributed by atoms with van der Waals surface area (Å²) in [7, 11) is 0. The van der Waals surface area contributed by atoms with Gasteiger partial charge in [0.25, 0.3) is 0 Å². The molecule has 3 N–H and O–H groups in total. The van der Waals surface area contributed by atoms with E-state index in [2.05, 4.69) is 16.2 Å². The first kappa shape index (κ1) is 14.8. The lowest BCUT2D eigenvalue weighted by Gasteiger charge is -2.20. The summed E-state index contributed by atoms with van der Waals surface area (Å²) in [6.07, 6.45) is 9.31. The Kier molecular flexibility index (Phi) is 5.38. The lowest BCUT2D eigenvalue weighted by Crippen LogP contribution is -2.49. The minimum absolute atomic E-state index is 0.134. The highest BCUT2D eigenvalue weighted by Crippen LogP contribution is 2.27. The number of nitrogens with one attached hydrogen (secondary N) is 3. The molecular formula is C14H23N3O3. The van der Waals surface area contributed by atoms with Crippen LogP contribution < -0.4 is 16.2 Å². The van der Waals surface area contributed by atoms with E-state index in [4.69, 9.17) is 0 Å². The van der Waals surface area contributed by atoms with Crippen molar-refractivity contribution in [3.8, 4) is 0 Å². The Labute approximate surface area is 119 Å². The second-order valence-corrected chi connectivity index (χ2v) is 5.79. The predicted octanol–water partition coefficient (Wildman–Crippen LogP) is 0.773. The van der Waals surface area contributed by atoms with Crippen molar-refractivity contribution in [2.24, 2.45) is 5.92 Å². The van der Waals surface area contributed by atoms with Gasteiger partial charge in [-0.2, -0.15) is 0 Å². The number of amides is 3. The van der Waals surface area contributed by atoms with Crippen LogP contribution >= 0.6 is 0 Å². The van der Waals surface area contributed by atoms with Gasteiger partial charge in [0.05, 0.1) is 0 Å². The van der Waals surface area contributed by atoms with Crippen LogP contribution in [0.3, 0.4) is 0 Å². The number of carbonyl (C=O) groups is 3. The maximum atomic E-state index is 11.6. The summed E-state index contributed by atoms with van der Waals surface area (Å²) in [4.78, 5) is 34.3. The van der Waals surface area contributed by atoms with Crippen LogP contribution in [0, 0.1) is 5.92 Å². The lowest BCUT2D eigenvalue weighted by molar-refractivity contribution is -0.141. The summed E-state index contributed by atoms with van der Waals surface area (Å²) in [5.74, 6) is -1.09. The highest BCUT2D eigenvalue weighted by Gasteiger charge is 2.26. The SMILES string of the molecule is O=C(CCC1CCCCC1)NNC(=O)C(=O)NC1CC1. The van der Waals surface area contributed by atoms with Crippen LogP contribution in [0.2, 0.25) is 0 Å². The standard InChI is InChI=1S/C14H23N3O3/c18-12(9-6-10-4-2-1-3-5-10)16-17-14(20)13(19)15-11-7-8-11/h10-11H,1-9H2,(H,15,19)(H,16,18)(H,17,20). The van der Waals surface area contributed by atoms with Gasteiger partial charge in [0.2, 0.25) is 5.91 Å².